The molecule has 4 rings (SSSR count). The Hall–Kier alpha value is -3.35. The Morgan fingerprint density at radius 1 is 0.893 bits per heavy atom. The first kappa shape index (κ1) is 18.0. The summed E-state index contributed by atoms with van der Waals surface area (Å²) >= 11 is 0. The number of piperazine rings is 1. The van der Waals surface area contributed by atoms with Crippen molar-refractivity contribution in [3.63, 3.8) is 0 Å². The van der Waals surface area contributed by atoms with E-state index in [1.54, 1.807) is 0 Å². The standard InChI is InChI=1S/C21H24N6O/c1-16-5-6-18(15-17(16)2)22-21(28)27-13-11-26(12-14-27)20-8-7-19(23-24-20)25-9-3-4-10-25/h3-10,15H,11-14H2,1-2H3,(H,22,28). The molecule has 0 bridgehead atoms. The zero-order valence-corrected chi connectivity index (χ0v) is 16.2. The summed E-state index contributed by atoms with van der Waals surface area (Å²) < 4.78 is 1.92. The number of aromatic nitrogens is 3. The van der Waals surface area contributed by atoms with Crippen molar-refractivity contribution in [2.75, 3.05) is 36.4 Å². The number of nitrogens with zero attached hydrogens (tertiary/aromatic N) is 5. The van der Waals surface area contributed by atoms with E-state index >= 15 is 0 Å². The molecule has 1 saturated heterocycles. The third-order valence-electron chi connectivity index (χ3n) is 5.15. The van der Waals surface area contributed by atoms with E-state index in [0.717, 1.165) is 30.4 Å². The number of aryl methyl sites for hydroxylation is 2. The zero-order chi connectivity index (χ0) is 19.5. The van der Waals surface area contributed by atoms with Crippen molar-refractivity contribution >= 4 is 17.5 Å². The Morgan fingerprint density at radius 2 is 1.57 bits per heavy atom. The van der Waals surface area contributed by atoms with Gasteiger partial charge in [0.2, 0.25) is 0 Å². The van der Waals surface area contributed by atoms with Crippen molar-refractivity contribution in [2.45, 2.75) is 13.8 Å². The minimum Gasteiger partial charge on any atom is -0.352 e. The van der Waals surface area contributed by atoms with Crippen LogP contribution in [0.15, 0.2) is 54.9 Å². The molecule has 1 aromatic carbocycles. The van der Waals surface area contributed by atoms with Crippen molar-refractivity contribution in [3.05, 3.63) is 66.0 Å². The van der Waals surface area contributed by atoms with Crippen LogP contribution in [0.3, 0.4) is 0 Å². The molecule has 0 spiro atoms. The Kier molecular flexibility index (Phi) is 4.97. The Bertz CT molecular complexity index is 944. The number of nitrogens with one attached hydrogen (secondary N) is 1. The molecular formula is C21H24N6O. The molecule has 7 heteroatoms. The molecule has 3 aromatic rings. The summed E-state index contributed by atoms with van der Waals surface area (Å²) in [6.45, 7) is 6.88. The van der Waals surface area contributed by atoms with Crippen LogP contribution in [0.2, 0.25) is 0 Å². The summed E-state index contributed by atoms with van der Waals surface area (Å²) in [6, 6.07) is 13.8. The zero-order valence-electron chi connectivity index (χ0n) is 16.2. The van der Waals surface area contributed by atoms with Crippen molar-refractivity contribution < 1.29 is 4.79 Å². The van der Waals surface area contributed by atoms with E-state index in [0.29, 0.717) is 13.1 Å². The fraction of sp³-hybridized carbons (Fsp3) is 0.286. The molecule has 2 amide bonds. The van der Waals surface area contributed by atoms with Gasteiger partial charge in [0.25, 0.3) is 0 Å². The second-order valence-corrected chi connectivity index (χ2v) is 7.04. The average Bonchev–Trinajstić information content (AvgIpc) is 3.26. The third kappa shape index (κ3) is 3.83. The lowest BCUT2D eigenvalue weighted by Crippen LogP contribution is -2.50. The second-order valence-electron chi connectivity index (χ2n) is 7.04. The Labute approximate surface area is 164 Å². The molecule has 1 N–H and O–H groups in total. The molecule has 0 unspecified atom stereocenters. The topological polar surface area (TPSA) is 66.3 Å². The summed E-state index contributed by atoms with van der Waals surface area (Å²) in [7, 11) is 0. The van der Waals surface area contributed by atoms with Crippen molar-refractivity contribution in [3.8, 4) is 5.82 Å². The molecule has 0 radical (unpaired) electrons. The monoisotopic (exact) mass is 376 g/mol. The highest BCUT2D eigenvalue weighted by molar-refractivity contribution is 5.89. The number of rotatable bonds is 3. The minimum absolute atomic E-state index is 0.0584. The van der Waals surface area contributed by atoms with Gasteiger partial charge in [-0.05, 0) is 61.4 Å². The van der Waals surface area contributed by atoms with Crippen LogP contribution < -0.4 is 10.2 Å². The molecule has 1 aliphatic rings. The van der Waals surface area contributed by atoms with E-state index < -0.39 is 0 Å². The predicted octanol–water partition coefficient (Wildman–Crippen LogP) is 3.24. The lowest BCUT2D eigenvalue weighted by atomic mass is 10.1. The number of hydrogen-bond donors (Lipinski definition) is 1. The van der Waals surface area contributed by atoms with Gasteiger partial charge in [-0.1, -0.05) is 6.07 Å². The molecule has 144 valence electrons. The normalized spacial score (nSPS) is 14.2. The van der Waals surface area contributed by atoms with E-state index in [1.807, 2.05) is 71.2 Å². The minimum atomic E-state index is -0.0584. The first-order valence-electron chi connectivity index (χ1n) is 9.45. The molecule has 0 atom stereocenters. The lowest BCUT2D eigenvalue weighted by molar-refractivity contribution is 0.208. The first-order valence-corrected chi connectivity index (χ1v) is 9.45. The van der Waals surface area contributed by atoms with E-state index in [-0.39, 0.29) is 6.03 Å². The van der Waals surface area contributed by atoms with Crippen LogP contribution in [0.1, 0.15) is 11.1 Å². The van der Waals surface area contributed by atoms with Gasteiger partial charge in [-0.15, -0.1) is 10.2 Å². The number of urea groups is 1. The van der Waals surface area contributed by atoms with Crippen LogP contribution in [-0.2, 0) is 0 Å². The summed E-state index contributed by atoms with van der Waals surface area (Å²) in [5, 5.41) is 11.6. The quantitative estimate of drug-likeness (QED) is 0.762. The van der Waals surface area contributed by atoms with E-state index in [2.05, 4.69) is 27.3 Å². The molecule has 0 aliphatic carbocycles. The second kappa shape index (κ2) is 7.72. The van der Waals surface area contributed by atoms with Crippen LogP contribution in [0.25, 0.3) is 5.82 Å². The maximum absolute atomic E-state index is 12.5. The number of hydrogen-bond acceptors (Lipinski definition) is 4. The van der Waals surface area contributed by atoms with Gasteiger partial charge in [0.1, 0.15) is 0 Å². The highest BCUT2D eigenvalue weighted by Crippen LogP contribution is 2.17. The maximum Gasteiger partial charge on any atom is 0.321 e. The van der Waals surface area contributed by atoms with Crippen LogP contribution in [0, 0.1) is 13.8 Å². The van der Waals surface area contributed by atoms with E-state index in [4.69, 9.17) is 0 Å². The summed E-state index contributed by atoms with van der Waals surface area (Å²) in [4.78, 5) is 16.5. The van der Waals surface area contributed by atoms with Gasteiger partial charge in [0.15, 0.2) is 11.6 Å². The lowest BCUT2D eigenvalue weighted by Gasteiger charge is -2.35. The van der Waals surface area contributed by atoms with Crippen molar-refractivity contribution in [1.82, 2.24) is 19.7 Å². The van der Waals surface area contributed by atoms with Crippen molar-refractivity contribution in [2.24, 2.45) is 0 Å². The molecule has 2 aromatic heterocycles. The SMILES string of the molecule is Cc1ccc(NC(=O)N2CCN(c3ccc(-n4cccc4)nn3)CC2)cc1C. The Morgan fingerprint density at radius 3 is 2.21 bits per heavy atom. The summed E-state index contributed by atoms with van der Waals surface area (Å²) in [6.07, 6.45) is 3.88. The maximum atomic E-state index is 12.5. The number of carbonyl (C=O) groups excluding carboxylic acids is 1. The van der Waals surface area contributed by atoms with Crippen molar-refractivity contribution in [1.29, 1.82) is 0 Å². The van der Waals surface area contributed by atoms with Gasteiger partial charge in [0, 0.05) is 44.3 Å². The molecule has 28 heavy (non-hydrogen) atoms. The van der Waals surface area contributed by atoms with Gasteiger partial charge in [-0.25, -0.2) is 4.79 Å². The van der Waals surface area contributed by atoms with E-state index in [9.17, 15) is 4.79 Å². The third-order valence-corrected chi connectivity index (χ3v) is 5.15. The highest BCUT2D eigenvalue weighted by Gasteiger charge is 2.22. The van der Waals surface area contributed by atoms with E-state index in [1.165, 1.54) is 11.1 Å². The molecule has 7 nitrogen and oxygen atoms in total. The largest absolute Gasteiger partial charge is 0.352 e. The van der Waals surface area contributed by atoms with Gasteiger partial charge >= 0.3 is 6.03 Å². The van der Waals surface area contributed by atoms with Gasteiger partial charge in [-0.2, -0.15) is 0 Å². The average molecular weight is 376 g/mol. The van der Waals surface area contributed by atoms with Gasteiger partial charge in [0.05, 0.1) is 0 Å². The molecule has 1 fully saturated rings. The number of anilines is 2. The molecule has 3 heterocycles. The molecule has 1 aliphatic heterocycles. The summed E-state index contributed by atoms with van der Waals surface area (Å²) in [5.74, 6) is 1.63. The summed E-state index contributed by atoms with van der Waals surface area (Å²) in [5.41, 5.74) is 3.22. The predicted molar refractivity (Wildman–Crippen MR) is 110 cm³/mol. The van der Waals surface area contributed by atoms with Crippen LogP contribution >= 0.6 is 0 Å². The van der Waals surface area contributed by atoms with Crippen LogP contribution in [0.4, 0.5) is 16.3 Å². The molecule has 0 saturated carbocycles. The number of amides is 2. The van der Waals surface area contributed by atoms with Crippen LogP contribution in [0.5, 0.6) is 0 Å². The number of carbonyl (C=O) groups is 1. The van der Waals surface area contributed by atoms with Gasteiger partial charge in [-0.3, -0.25) is 0 Å². The highest BCUT2D eigenvalue weighted by atomic mass is 16.2. The number of benzene rings is 1. The smallest absolute Gasteiger partial charge is 0.321 e. The van der Waals surface area contributed by atoms with Gasteiger partial charge < -0.3 is 19.7 Å². The fourth-order valence-corrected chi connectivity index (χ4v) is 3.27. The molecular weight excluding hydrogens is 352 g/mol. The first-order chi connectivity index (χ1) is 13.6. The Balaban J connectivity index is 1.33. The van der Waals surface area contributed by atoms with Crippen LogP contribution in [-0.4, -0.2) is 51.9 Å². The fourth-order valence-electron chi connectivity index (χ4n) is 3.27.